The number of piperidine rings is 1. The fraction of sp³-hybridized carbons (Fsp3) is 0.533. The number of aryl methyl sites for hydroxylation is 1. The molecule has 1 aliphatic rings. The van der Waals surface area contributed by atoms with Crippen molar-refractivity contribution in [3.63, 3.8) is 0 Å². The van der Waals surface area contributed by atoms with E-state index in [9.17, 15) is 0 Å². The molecule has 2 aromatic rings. The fourth-order valence-corrected chi connectivity index (χ4v) is 2.81. The summed E-state index contributed by atoms with van der Waals surface area (Å²) in [4.78, 5) is 15.7. The molecule has 0 aromatic carbocycles. The molecule has 1 aliphatic heterocycles. The standard InChI is InChI=1S/C15H22N6/c1-20-6-3-4-12(11-20)13-8-16-9-14(19-13)18-10-15-17-5-7-21(15)2/h5,7-9,12H,3-4,6,10-11H2,1-2H3,(H,18,19)/t12-/m1/s1. The van der Waals surface area contributed by atoms with Crippen LogP contribution in [-0.4, -0.2) is 44.6 Å². The van der Waals surface area contributed by atoms with Gasteiger partial charge in [0.2, 0.25) is 0 Å². The van der Waals surface area contributed by atoms with Gasteiger partial charge in [-0.05, 0) is 26.4 Å². The van der Waals surface area contributed by atoms with Gasteiger partial charge in [-0.2, -0.15) is 0 Å². The van der Waals surface area contributed by atoms with Gasteiger partial charge in [0.1, 0.15) is 11.6 Å². The highest BCUT2D eigenvalue weighted by atomic mass is 15.1. The van der Waals surface area contributed by atoms with Gasteiger partial charge in [0.15, 0.2) is 0 Å². The van der Waals surface area contributed by atoms with Gasteiger partial charge in [0.25, 0.3) is 0 Å². The zero-order valence-corrected chi connectivity index (χ0v) is 12.7. The Labute approximate surface area is 125 Å². The molecule has 21 heavy (non-hydrogen) atoms. The number of nitrogens with one attached hydrogen (secondary N) is 1. The topological polar surface area (TPSA) is 58.9 Å². The molecule has 3 rings (SSSR count). The third kappa shape index (κ3) is 3.39. The van der Waals surface area contributed by atoms with Crippen LogP contribution >= 0.6 is 0 Å². The molecule has 0 radical (unpaired) electrons. The van der Waals surface area contributed by atoms with Crippen molar-refractivity contribution in [1.29, 1.82) is 0 Å². The SMILES string of the molecule is CN1CCC[C@@H](c2cncc(NCc3nccn3C)n2)C1. The highest BCUT2D eigenvalue weighted by molar-refractivity contribution is 5.32. The summed E-state index contributed by atoms with van der Waals surface area (Å²) in [5.74, 6) is 2.30. The molecule has 3 heterocycles. The number of likely N-dealkylation sites (tertiary alicyclic amines) is 1. The molecule has 1 saturated heterocycles. The van der Waals surface area contributed by atoms with Crippen LogP contribution < -0.4 is 5.32 Å². The number of hydrogen-bond donors (Lipinski definition) is 1. The number of anilines is 1. The molecule has 0 amide bonds. The summed E-state index contributed by atoms with van der Waals surface area (Å²) in [5.41, 5.74) is 1.09. The van der Waals surface area contributed by atoms with Gasteiger partial charge < -0.3 is 14.8 Å². The predicted octanol–water partition coefficient (Wildman–Crippen LogP) is 1.63. The molecule has 0 spiro atoms. The number of hydrogen-bond acceptors (Lipinski definition) is 5. The summed E-state index contributed by atoms with van der Waals surface area (Å²) < 4.78 is 2.00. The van der Waals surface area contributed by atoms with Crippen LogP contribution in [-0.2, 0) is 13.6 Å². The van der Waals surface area contributed by atoms with Crippen LogP contribution in [0.3, 0.4) is 0 Å². The second kappa shape index (κ2) is 6.22. The van der Waals surface area contributed by atoms with Crippen molar-refractivity contribution in [2.45, 2.75) is 25.3 Å². The Morgan fingerprint density at radius 1 is 1.33 bits per heavy atom. The van der Waals surface area contributed by atoms with Gasteiger partial charge in [-0.1, -0.05) is 0 Å². The van der Waals surface area contributed by atoms with Crippen LogP contribution in [0.5, 0.6) is 0 Å². The van der Waals surface area contributed by atoms with E-state index in [4.69, 9.17) is 4.98 Å². The predicted molar refractivity (Wildman–Crippen MR) is 82.0 cm³/mol. The number of nitrogens with zero attached hydrogens (tertiary/aromatic N) is 5. The first kappa shape index (κ1) is 14.0. The Balaban J connectivity index is 1.67. The van der Waals surface area contributed by atoms with Gasteiger partial charge >= 0.3 is 0 Å². The summed E-state index contributed by atoms with van der Waals surface area (Å²) in [6.45, 7) is 2.91. The van der Waals surface area contributed by atoms with Gasteiger partial charge in [-0.3, -0.25) is 4.98 Å². The summed E-state index contributed by atoms with van der Waals surface area (Å²) >= 11 is 0. The second-order valence-corrected chi connectivity index (χ2v) is 5.74. The number of likely N-dealkylation sites (N-methyl/N-ethyl adjacent to an activating group) is 1. The van der Waals surface area contributed by atoms with Crippen LogP contribution in [0.4, 0.5) is 5.82 Å². The third-order valence-electron chi connectivity index (χ3n) is 4.04. The summed E-state index contributed by atoms with van der Waals surface area (Å²) in [7, 11) is 4.16. The minimum absolute atomic E-state index is 0.492. The summed E-state index contributed by atoms with van der Waals surface area (Å²) in [6.07, 6.45) is 9.85. The minimum Gasteiger partial charge on any atom is -0.362 e. The highest BCUT2D eigenvalue weighted by Crippen LogP contribution is 2.24. The van der Waals surface area contributed by atoms with Gasteiger partial charge in [0.05, 0.1) is 18.4 Å². The molecule has 0 bridgehead atoms. The quantitative estimate of drug-likeness (QED) is 0.926. The van der Waals surface area contributed by atoms with Crippen molar-refractivity contribution in [3.05, 3.63) is 36.3 Å². The van der Waals surface area contributed by atoms with Gasteiger partial charge in [-0.15, -0.1) is 0 Å². The van der Waals surface area contributed by atoms with Crippen molar-refractivity contribution in [3.8, 4) is 0 Å². The largest absolute Gasteiger partial charge is 0.362 e. The third-order valence-corrected chi connectivity index (χ3v) is 4.04. The fourth-order valence-electron chi connectivity index (χ4n) is 2.81. The Morgan fingerprint density at radius 2 is 2.24 bits per heavy atom. The van der Waals surface area contributed by atoms with Crippen molar-refractivity contribution < 1.29 is 0 Å². The van der Waals surface area contributed by atoms with Crippen molar-refractivity contribution in [2.24, 2.45) is 7.05 Å². The van der Waals surface area contributed by atoms with Crippen LogP contribution in [0.2, 0.25) is 0 Å². The Kier molecular flexibility index (Phi) is 4.15. The van der Waals surface area contributed by atoms with Gasteiger partial charge in [-0.25, -0.2) is 9.97 Å². The lowest BCUT2D eigenvalue weighted by Crippen LogP contribution is -2.31. The van der Waals surface area contributed by atoms with E-state index in [1.165, 1.54) is 19.4 Å². The molecule has 1 N–H and O–H groups in total. The number of imidazole rings is 1. The molecule has 1 fully saturated rings. The maximum atomic E-state index is 4.72. The van der Waals surface area contributed by atoms with E-state index < -0.39 is 0 Å². The van der Waals surface area contributed by atoms with E-state index in [0.717, 1.165) is 23.9 Å². The molecule has 2 aromatic heterocycles. The highest BCUT2D eigenvalue weighted by Gasteiger charge is 2.20. The van der Waals surface area contributed by atoms with Crippen molar-refractivity contribution >= 4 is 5.82 Å². The molecule has 0 saturated carbocycles. The average molecular weight is 286 g/mol. The van der Waals surface area contributed by atoms with Crippen molar-refractivity contribution in [2.75, 3.05) is 25.5 Å². The van der Waals surface area contributed by atoms with E-state index in [0.29, 0.717) is 12.5 Å². The van der Waals surface area contributed by atoms with E-state index >= 15 is 0 Å². The number of aromatic nitrogens is 4. The molecule has 0 unspecified atom stereocenters. The zero-order valence-electron chi connectivity index (χ0n) is 12.7. The Morgan fingerprint density at radius 3 is 3.00 bits per heavy atom. The maximum Gasteiger partial charge on any atom is 0.145 e. The van der Waals surface area contributed by atoms with E-state index in [1.807, 2.05) is 24.0 Å². The van der Waals surface area contributed by atoms with Crippen LogP contribution in [0, 0.1) is 0 Å². The molecule has 6 heteroatoms. The van der Waals surface area contributed by atoms with Crippen molar-refractivity contribution in [1.82, 2.24) is 24.4 Å². The van der Waals surface area contributed by atoms with Crippen LogP contribution in [0.1, 0.15) is 30.3 Å². The first-order chi connectivity index (χ1) is 10.2. The normalized spacial score (nSPS) is 19.6. The molecule has 6 nitrogen and oxygen atoms in total. The lowest BCUT2D eigenvalue weighted by atomic mass is 9.95. The summed E-state index contributed by atoms with van der Waals surface area (Å²) in [5, 5.41) is 3.31. The smallest absolute Gasteiger partial charge is 0.145 e. The first-order valence-corrected chi connectivity index (χ1v) is 7.43. The van der Waals surface area contributed by atoms with E-state index in [-0.39, 0.29) is 0 Å². The van der Waals surface area contributed by atoms with E-state index in [1.54, 1.807) is 12.4 Å². The molecular formula is C15H22N6. The molecule has 1 atom stereocenters. The molecular weight excluding hydrogens is 264 g/mol. The number of rotatable bonds is 4. The Hall–Kier alpha value is -1.95. The lowest BCUT2D eigenvalue weighted by Gasteiger charge is -2.29. The average Bonchev–Trinajstić information content (AvgIpc) is 2.91. The minimum atomic E-state index is 0.492. The lowest BCUT2D eigenvalue weighted by molar-refractivity contribution is 0.248. The zero-order chi connectivity index (χ0) is 14.7. The maximum absolute atomic E-state index is 4.72. The molecule has 112 valence electrons. The monoisotopic (exact) mass is 286 g/mol. The van der Waals surface area contributed by atoms with E-state index in [2.05, 4.69) is 27.2 Å². The van der Waals surface area contributed by atoms with Crippen LogP contribution in [0.15, 0.2) is 24.8 Å². The summed E-state index contributed by atoms with van der Waals surface area (Å²) in [6, 6.07) is 0. The Bertz CT molecular complexity index is 593. The second-order valence-electron chi connectivity index (χ2n) is 5.74. The van der Waals surface area contributed by atoms with Gasteiger partial charge in [0, 0.05) is 38.1 Å². The first-order valence-electron chi connectivity index (χ1n) is 7.43. The van der Waals surface area contributed by atoms with Crippen LogP contribution in [0.25, 0.3) is 0 Å². The molecule has 0 aliphatic carbocycles.